The number of nitrogens with one attached hydrogen (secondary N) is 1. The van der Waals surface area contributed by atoms with Crippen molar-refractivity contribution in [1.29, 1.82) is 0 Å². The molecule has 0 spiro atoms. The van der Waals surface area contributed by atoms with Gasteiger partial charge in [-0.05, 0) is 12.8 Å². The van der Waals surface area contributed by atoms with Crippen LogP contribution in [0.5, 0.6) is 0 Å². The monoisotopic (exact) mass is 223 g/mol. The van der Waals surface area contributed by atoms with Crippen molar-refractivity contribution in [1.82, 2.24) is 9.78 Å². The fourth-order valence-corrected chi connectivity index (χ4v) is 1.60. The fraction of sp³-hybridized carbons (Fsp3) is 0.545. The number of carbonyl (C=O) groups is 2. The van der Waals surface area contributed by atoms with Crippen LogP contribution in [-0.2, 0) is 4.79 Å². The highest BCUT2D eigenvalue weighted by atomic mass is 16.2. The topological polar surface area (TPSA) is 64.0 Å². The minimum atomic E-state index is -0.209. The molecule has 1 N–H and O–H groups in total. The van der Waals surface area contributed by atoms with Crippen LogP contribution in [0.2, 0.25) is 0 Å². The lowest BCUT2D eigenvalue weighted by Crippen LogP contribution is -2.16. The van der Waals surface area contributed by atoms with E-state index in [0.29, 0.717) is 5.82 Å². The predicted molar refractivity (Wildman–Crippen MR) is 61.7 cm³/mol. The molecule has 0 saturated heterocycles. The zero-order chi connectivity index (χ0) is 12.5. The summed E-state index contributed by atoms with van der Waals surface area (Å²) in [5, 5.41) is 6.85. The van der Waals surface area contributed by atoms with Crippen molar-refractivity contribution in [2.45, 2.75) is 40.5 Å². The quantitative estimate of drug-likeness (QED) is 0.833. The van der Waals surface area contributed by atoms with E-state index in [2.05, 4.69) is 10.4 Å². The van der Waals surface area contributed by atoms with Crippen LogP contribution in [0.25, 0.3) is 0 Å². The van der Waals surface area contributed by atoms with Gasteiger partial charge in [0.15, 0.2) is 0 Å². The molecule has 0 bridgehead atoms. The lowest BCUT2D eigenvalue weighted by atomic mass is 10.1. The highest BCUT2D eigenvalue weighted by molar-refractivity contribution is 5.91. The van der Waals surface area contributed by atoms with Crippen LogP contribution in [-0.4, -0.2) is 21.6 Å². The Morgan fingerprint density at radius 1 is 1.31 bits per heavy atom. The first kappa shape index (κ1) is 12.4. The van der Waals surface area contributed by atoms with Crippen LogP contribution in [0, 0.1) is 6.92 Å². The Morgan fingerprint density at radius 2 is 1.88 bits per heavy atom. The number of nitrogens with zero attached hydrogens (tertiary/aromatic N) is 2. The summed E-state index contributed by atoms with van der Waals surface area (Å²) in [5.41, 5.74) is 1.68. The maximum atomic E-state index is 11.4. The first-order chi connectivity index (χ1) is 7.34. The second-order valence-corrected chi connectivity index (χ2v) is 4.13. The third-order valence-electron chi connectivity index (χ3n) is 2.30. The Kier molecular flexibility index (Phi) is 3.47. The van der Waals surface area contributed by atoms with E-state index in [1.54, 1.807) is 0 Å². The minimum absolute atomic E-state index is 0.208. The van der Waals surface area contributed by atoms with Crippen LogP contribution >= 0.6 is 0 Å². The van der Waals surface area contributed by atoms with E-state index < -0.39 is 0 Å². The molecule has 1 amide bonds. The fourth-order valence-electron chi connectivity index (χ4n) is 1.60. The largest absolute Gasteiger partial charge is 0.311 e. The van der Waals surface area contributed by atoms with Crippen molar-refractivity contribution in [3.8, 4) is 0 Å². The molecule has 16 heavy (non-hydrogen) atoms. The number of rotatable bonds is 2. The molecule has 0 radical (unpaired) electrons. The van der Waals surface area contributed by atoms with Gasteiger partial charge in [0.05, 0.1) is 5.69 Å². The van der Waals surface area contributed by atoms with E-state index in [-0.39, 0.29) is 17.7 Å². The summed E-state index contributed by atoms with van der Waals surface area (Å²) in [5.74, 6) is 0.274. The minimum Gasteiger partial charge on any atom is -0.311 e. The summed E-state index contributed by atoms with van der Waals surface area (Å²) in [6.07, 6.45) is 0. The average molecular weight is 223 g/mol. The summed E-state index contributed by atoms with van der Waals surface area (Å²) >= 11 is 0. The maximum Gasteiger partial charge on any atom is 0.245 e. The third kappa shape index (κ3) is 2.29. The highest BCUT2D eigenvalue weighted by Gasteiger charge is 2.19. The van der Waals surface area contributed by atoms with Crippen LogP contribution in [0.15, 0.2) is 0 Å². The molecule has 0 aromatic carbocycles. The van der Waals surface area contributed by atoms with E-state index in [1.165, 1.54) is 18.5 Å². The highest BCUT2D eigenvalue weighted by Crippen LogP contribution is 2.24. The van der Waals surface area contributed by atoms with Crippen LogP contribution in [0.4, 0.5) is 5.82 Å². The molecule has 1 heterocycles. The molecule has 1 aromatic rings. The molecule has 1 rings (SSSR count). The molecule has 5 heteroatoms. The van der Waals surface area contributed by atoms with Crippen LogP contribution in [0.1, 0.15) is 49.7 Å². The van der Waals surface area contributed by atoms with Gasteiger partial charge in [0.2, 0.25) is 11.8 Å². The Balaban J connectivity index is 3.31. The number of anilines is 1. The molecule has 0 fully saturated rings. The second-order valence-electron chi connectivity index (χ2n) is 4.13. The second kappa shape index (κ2) is 4.47. The van der Waals surface area contributed by atoms with E-state index in [1.807, 2.05) is 20.8 Å². The summed E-state index contributed by atoms with van der Waals surface area (Å²) in [4.78, 5) is 22.4. The van der Waals surface area contributed by atoms with Crippen molar-refractivity contribution in [3.63, 3.8) is 0 Å². The van der Waals surface area contributed by atoms with Gasteiger partial charge in [0, 0.05) is 19.4 Å². The first-order valence-corrected chi connectivity index (χ1v) is 5.22. The SMILES string of the molecule is CC(=O)Nc1c(C)c(C(C)C)nn1C(C)=O. The number of hydrogen-bond acceptors (Lipinski definition) is 3. The van der Waals surface area contributed by atoms with Gasteiger partial charge in [0.1, 0.15) is 5.82 Å². The molecule has 1 aromatic heterocycles. The third-order valence-corrected chi connectivity index (χ3v) is 2.30. The van der Waals surface area contributed by atoms with Crippen LogP contribution < -0.4 is 5.32 Å². The molecule has 0 saturated carbocycles. The summed E-state index contributed by atoms with van der Waals surface area (Å²) in [7, 11) is 0. The van der Waals surface area contributed by atoms with Gasteiger partial charge in [-0.1, -0.05) is 13.8 Å². The van der Waals surface area contributed by atoms with Gasteiger partial charge < -0.3 is 5.32 Å². The van der Waals surface area contributed by atoms with E-state index in [9.17, 15) is 9.59 Å². The molecular formula is C11H17N3O2. The molecule has 0 atom stereocenters. The van der Waals surface area contributed by atoms with E-state index in [0.717, 1.165) is 11.3 Å². The van der Waals surface area contributed by atoms with Crippen molar-refractivity contribution >= 4 is 17.6 Å². The molecule has 0 aliphatic heterocycles. The zero-order valence-corrected chi connectivity index (χ0v) is 10.3. The predicted octanol–water partition coefficient (Wildman–Crippen LogP) is 1.93. The molecule has 0 aliphatic rings. The Hall–Kier alpha value is -1.65. The van der Waals surface area contributed by atoms with Gasteiger partial charge in [-0.25, -0.2) is 0 Å². The lowest BCUT2D eigenvalue weighted by Gasteiger charge is -2.04. The van der Waals surface area contributed by atoms with Crippen LogP contribution in [0.3, 0.4) is 0 Å². The lowest BCUT2D eigenvalue weighted by molar-refractivity contribution is -0.114. The first-order valence-electron chi connectivity index (χ1n) is 5.22. The summed E-state index contributed by atoms with van der Waals surface area (Å²) < 4.78 is 1.24. The summed E-state index contributed by atoms with van der Waals surface area (Å²) in [6.45, 7) is 8.68. The Morgan fingerprint density at radius 3 is 2.25 bits per heavy atom. The van der Waals surface area contributed by atoms with Crippen molar-refractivity contribution in [2.24, 2.45) is 0 Å². The molecular weight excluding hydrogens is 206 g/mol. The van der Waals surface area contributed by atoms with E-state index in [4.69, 9.17) is 0 Å². The number of aromatic nitrogens is 2. The number of amides is 1. The van der Waals surface area contributed by atoms with Gasteiger partial charge in [-0.2, -0.15) is 9.78 Å². The molecule has 0 aliphatic carbocycles. The standard InChI is InChI=1S/C11H17N3O2/c1-6(2)10-7(3)11(12-8(4)15)14(13-10)9(5)16/h6H,1-5H3,(H,12,15). The van der Waals surface area contributed by atoms with Crippen molar-refractivity contribution in [2.75, 3.05) is 5.32 Å². The maximum absolute atomic E-state index is 11.4. The van der Waals surface area contributed by atoms with Gasteiger partial charge in [-0.15, -0.1) is 0 Å². The summed E-state index contributed by atoms with van der Waals surface area (Å²) in [6, 6.07) is 0. The van der Waals surface area contributed by atoms with Gasteiger partial charge in [-0.3, -0.25) is 9.59 Å². The normalized spacial score (nSPS) is 10.6. The Labute approximate surface area is 94.8 Å². The van der Waals surface area contributed by atoms with Crippen molar-refractivity contribution < 1.29 is 9.59 Å². The Bertz CT molecular complexity index is 433. The van der Waals surface area contributed by atoms with Crippen molar-refractivity contribution in [3.05, 3.63) is 11.3 Å². The van der Waals surface area contributed by atoms with Gasteiger partial charge in [0.25, 0.3) is 0 Å². The van der Waals surface area contributed by atoms with E-state index >= 15 is 0 Å². The number of hydrogen-bond donors (Lipinski definition) is 1. The number of carbonyl (C=O) groups excluding carboxylic acids is 2. The average Bonchev–Trinajstić information content (AvgIpc) is 2.43. The molecule has 88 valence electrons. The molecule has 0 unspecified atom stereocenters. The smallest absolute Gasteiger partial charge is 0.245 e. The zero-order valence-electron chi connectivity index (χ0n) is 10.3. The molecule has 5 nitrogen and oxygen atoms in total. The van der Waals surface area contributed by atoms with Gasteiger partial charge >= 0.3 is 0 Å².